The van der Waals surface area contributed by atoms with Crippen molar-refractivity contribution < 1.29 is 0 Å². The highest BCUT2D eigenvalue weighted by Gasteiger charge is 2.14. The molecule has 0 bridgehead atoms. The van der Waals surface area contributed by atoms with E-state index < -0.39 is 0 Å². The van der Waals surface area contributed by atoms with Crippen LogP contribution in [0.4, 0.5) is 0 Å². The Kier molecular flexibility index (Phi) is 4.95. The summed E-state index contributed by atoms with van der Waals surface area (Å²) in [5.41, 5.74) is 2.58. The maximum absolute atomic E-state index is 12.8. The number of hydrogen-bond donors (Lipinski definition) is 0. The molecule has 3 aromatic heterocycles. The Labute approximate surface area is 145 Å². The van der Waals surface area contributed by atoms with Gasteiger partial charge in [-0.3, -0.25) is 14.8 Å². The first kappa shape index (κ1) is 16.5. The zero-order chi connectivity index (χ0) is 17.6. The van der Waals surface area contributed by atoms with Gasteiger partial charge in [0.25, 0.3) is 5.56 Å². The lowest BCUT2D eigenvalue weighted by Crippen LogP contribution is -2.25. The smallest absolute Gasteiger partial charge is 0.267 e. The molecule has 3 aromatic rings. The van der Waals surface area contributed by atoms with Gasteiger partial charge >= 0.3 is 0 Å². The molecule has 0 aliphatic heterocycles. The molecule has 5 heteroatoms. The second kappa shape index (κ2) is 7.49. The molecule has 0 aliphatic carbocycles. The highest BCUT2D eigenvalue weighted by atomic mass is 16.1. The SMILES string of the molecule is C=C/C=C(\C=C/C)Cn1nc(-c2ccccn2)c2ncccc2c1=O. The van der Waals surface area contributed by atoms with Crippen LogP contribution >= 0.6 is 0 Å². The van der Waals surface area contributed by atoms with Crippen molar-refractivity contribution in [2.75, 3.05) is 0 Å². The average Bonchev–Trinajstić information content (AvgIpc) is 2.65. The average molecular weight is 330 g/mol. The van der Waals surface area contributed by atoms with Gasteiger partial charge in [-0.25, -0.2) is 4.68 Å². The van der Waals surface area contributed by atoms with Crippen molar-refractivity contribution in [1.29, 1.82) is 0 Å². The molecule has 0 unspecified atom stereocenters. The first-order valence-corrected chi connectivity index (χ1v) is 7.96. The van der Waals surface area contributed by atoms with Gasteiger partial charge in [0.05, 0.1) is 17.6 Å². The maximum Gasteiger partial charge on any atom is 0.276 e. The van der Waals surface area contributed by atoms with Crippen LogP contribution in [-0.2, 0) is 6.54 Å². The topological polar surface area (TPSA) is 60.7 Å². The minimum Gasteiger partial charge on any atom is -0.267 e. The van der Waals surface area contributed by atoms with E-state index in [2.05, 4.69) is 21.6 Å². The van der Waals surface area contributed by atoms with Crippen LogP contribution in [0.1, 0.15) is 6.92 Å². The maximum atomic E-state index is 12.8. The van der Waals surface area contributed by atoms with Gasteiger partial charge in [-0.05, 0) is 36.8 Å². The number of hydrogen-bond acceptors (Lipinski definition) is 4. The summed E-state index contributed by atoms with van der Waals surface area (Å²) in [4.78, 5) is 21.5. The summed E-state index contributed by atoms with van der Waals surface area (Å²) in [5, 5.41) is 5.07. The zero-order valence-corrected chi connectivity index (χ0v) is 14.0. The fraction of sp³-hybridized carbons (Fsp3) is 0.100. The van der Waals surface area contributed by atoms with Gasteiger partial charge in [0.15, 0.2) is 0 Å². The first-order chi connectivity index (χ1) is 12.2. The second-order valence-electron chi connectivity index (χ2n) is 5.40. The number of aromatic nitrogens is 4. The molecule has 0 aliphatic rings. The summed E-state index contributed by atoms with van der Waals surface area (Å²) in [6.07, 6.45) is 10.8. The molecular weight excluding hydrogens is 312 g/mol. The summed E-state index contributed by atoms with van der Waals surface area (Å²) < 4.78 is 1.45. The van der Waals surface area contributed by atoms with Crippen LogP contribution in [0.2, 0.25) is 0 Å². The molecule has 0 saturated carbocycles. The molecule has 0 amide bonds. The van der Waals surface area contributed by atoms with Gasteiger partial charge < -0.3 is 0 Å². The summed E-state index contributed by atoms with van der Waals surface area (Å²) in [6.45, 7) is 6.00. The monoisotopic (exact) mass is 330 g/mol. The fourth-order valence-corrected chi connectivity index (χ4v) is 2.60. The van der Waals surface area contributed by atoms with E-state index >= 15 is 0 Å². The van der Waals surface area contributed by atoms with E-state index in [0.717, 1.165) is 5.57 Å². The summed E-state index contributed by atoms with van der Waals surface area (Å²) >= 11 is 0. The minimum atomic E-state index is -0.178. The molecule has 0 spiro atoms. The molecule has 0 atom stereocenters. The molecule has 3 heterocycles. The predicted molar refractivity (Wildman–Crippen MR) is 100 cm³/mol. The fourth-order valence-electron chi connectivity index (χ4n) is 2.60. The highest BCUT2D eigenvalue weighted by molar-refractivity contribution is 5.89. The highest BCUT2D eigenvalue weighted by Crippen LogP contribution is 2.20. The molecular formula is C20H18N4O. The normalized spacial score (nSPS) is 12.0. The third kappa shape index (κ3) is 3.45. The van der Waals surface area contributed by atoms with Gasteiger partial charge in [-0.2, -0.15) is 5.10 Å². The Morgan fingerprint density at radius 1 is 1.20 bits per heavy atom. The first-order valence-electron chi connectivity index (χ1n) is 7.96. The minimum absolute atomic E-state index is 0.178. The van der Waals surface area contributed by atoms with Gasteiger partial charge in [0.1, 0.15) is 11.2 Å². The third-order valence-electron chi connectivity index (χ3n) is 3.67. The van der Waals surface area contributed by atoms with Gasteiger partial charge in [-0.15, -0.1) is 0 Å². The lowest BCUT2D eigenvalue weighted by Gasteiger charge is -2.10. The summed E-state index contributed by atoms with van der Waals surface area (Å²) in [5.74, 6) is 0. The molecule has 0 aromatic carbocycles. The molecule has 0 saturated heterocycles. The Balaban J connectivity index is 2.24. The van der Waals surface area contributed by atoms with Crippen LogP contribution in [-0.4, -0.2) is 19.7 Å². The Morgan fingerprint density at radius 2 is 2.04 bits per heavy atom. The number of pyridine rings is 2. The third-order valence-corrected chi connectivity index (χ3v) is 3.67. The lowest BCUT2D eigenvalue weighted by molar-refractivity contribution is 0.649. The van der Waals surface area contributed by atoms with E-state index in [-0.39, 0.29) is 5.56 Å². The van der Waals surface area contributed by atoms with E-state index in [1.807, 2.05) is 43.4 Å². The molecule has 124 valence electrons. The molecule has 0 fully saturated rings. The number of nitrogens with zero attached hydrogens (tertiary/aromatic N) is 4. The van der Waals surface area contributed by atoms with E-state index in [4.69, 9.17) is 0 Å². The van der Waals surface area contributed by atoms with Crippen molar-refractivity contribution in [2.45, 2.75) is 13.5 Å². The van der Waals surface area contributed by atoms with E-state index in [9.17, 15) is 4.79 Å². The Bertz CT molecular complexity index is 1020. The molecule has 0 N–H and O–H groups in total. The van der Waals surface area contributed by atoms with Crippen LogP contribution in [0.5, 0.6) is 0 Å². The molecule has 25 heavy (non-hydrogen) atoms. The van der Waals surface area contributed by atoms with E-state index in [1.54, 1.807) is 30.6 Å². The summed E-state index contributed by atoms with van der Waals surface area (Å²) in [7, 11) is 0. The summed E-state index contributed by atoms with van der Waals surface area (Å²) in [6, 6.07) is 9.10. The number of rotatable bonds is 5. The van der Waals surface area contributed by atoms with Crippen LogP contribution < -0.4 is 5.56 Å². The van der Waals surface area contributed by atoms with Crippen molar-refractivity contribution in [3.8, 4) is 11.4 Å². The van der Waals surface area contributed by atoms with Crippen molar-refractivity contribution in [3.63, 3.8) is 0 Å². The zero-order valence-electron chi connectivity index (χ0n) is 14.0. The van der Waals surface area contributed by atoms with E-state index in [1.165, 1.54) is 4.68 Å². The number of fused-ring (bicyclic) bond motifs is 1. The second-order valence-corrected chi connectivity index (χ2v) is 5.40. The van der Waals surface area contributed by atoms with Crippen LogP contribution in [0.3, 0.4) is 0 Å². The van der Waals surface area contributed by atoms with E-state index in [0.29, 0.717) is 28.8 Å². The van der Waals surface area contributed by atoms with Crippen molar-refractivity contribution in [3.05, 3.63) is 89.5 Å². The van der Waals surface area contributed by atoms with Gasteiger partial charge in [-0.1, -0.05) is 36.9 Å². The van der Waals surface area contributed by atoms with Gasteiger partial charge in [0, 0.05) is 12.4 Å². The lowest BCUT2D eigenvalue weighted by atomic mass is 10.1. The van der Waals surface area contributed by atoms with Crippen molar-refractivity contribution >= 4 is 10.9 Å². The largest absolute Gasteiger partial charge is 0.276 e. The molecule has 5 nitrogen and oxygen atoms in total. The predicted octanol–water partition coefficient (Wildman–Crippen LogP) is 3.54. The van der Waals surface area contributed by atoms with Crippen LogP contribution in [0.15, 0.2) is 84.0 Å². The van der Waals surface area contributed by atoms with Crippen LogP contribution in [0, 0.1) is 0 Å². The Morgan fingerprint density at radius 3 is 2.76 bits per heavy atom. The quantitative estimate of drug-likeness (QED) is 0.671. The molecule has 0 radical (unpaired) electrons. The standard InChI is InChI=1S/C20H18N4O/c1-3-8-15(9-4-2)14-24-20(25)16-10-7-13-22-18(16)19(23-24)17-11-5-6-12-21-17/h3-13H,1,14H2,2H3/b9-4-,15-8+. The van der Waals surface area contributed by atoms with Crippen LogP contribution in [0.25, 0.3) is 22.3 Å². The van der Waals surface area contributed by atoms with Crippen molar-refractivity contribution in [1.82, 2.24) is 19.7 Å². The number of allylic oxidation sites excluding steroid dienone is 5. The molecule has 3 rings (SSSR count). The van der Waals surface area contributed by atoms with Crippen molar-refractivity contribution in [2.24, 2.45) is 0 Å². The Hall–Kier alpha value is -3.34. The van der Waals surface area contributed by atoms with Gasteiger partial charge in [0.2, 0.25) is 0 Å².